The molecule has 0 unspecified atom stereocenters. The van der Waals surface area contributed by atoms with Crippen LogP contribution in [0.5, 0.6) is 0 Å². The van der Waals surface area contributed by atoms with Crippen molar-refractivity contribution >= 4 is 29.3 Å². The average molecular weight is 289 g/mol. The number of anilines is 1. The van der Waals surface area contributed by atoms with Gasteiger partial charge in [0, 0.05) is 10.5 Å². The number of carbonyl (C=O) groups excluding carboxylic acids is 1. The second-order valence-corrected chi connectivity index (χ2v) is 5.40. The molecule has 1 aromatic heterocycles. The van der Waals surface area contributed by atoms with Gasteiger partial charge in [-0.25, -0.2) is 4.79 Å². The fraction of sp³-hybridized carbons (Fsp3) is 0.143. The third-order valence-corrected chi connectivity index (χ3v) is 4.10. The lowest BCUT2D eigenvalue weighted by Crippen LogP contribution is -2.34. The smallest absolute Gasteiger partial charge is 0.335 e. The van der Waals surface area contributed by atoms with Crippen molar-refractivity contribution in [1.82, 2.24) is 0 Å². The van der Waals surface area contributed by atoms with Crippen molar-refractivity contribution in [1.29, 1.82) is 0 Å². The number of thioether (sulfide) groups is 1. The molecule has 0 radical (unpaired) electrons. The number of aromatic carboxylic acids is 1. The van der Waals surface area contributed by atoms with Crippen LogP contribution in [0.15, 0.2) is 46.1 Å². The number of fused-ring (bicyclic) bond motifs is 1. The zero-order chi connectivity index (χ0) is 14.1. The molecule has 0 aliphatic carbocycles. The molecular weight excluding hydrogens is 278 g/mol. The van der Waals surface area contributed by atoms with E-state index in [9.17, 15) is 9.59 Å². The predicted octanol–water partition coefficient (Wildman–Crippen LogP) is 2.62. The van der Waals surface area contributed by atoms with Gasteiger partial charge in [0.25, 0.3) is 0 Å². The van der Waals surface area contributed by atoms with E-state index in [-0.39, 0.29) is 11.5 Å². The second-order valence-electron chi connectivity index (χ2n) is 4.39. The van der Waals surface area contributed by atoms with Crippen LogP contribution in [0.1, 0.15) is 15.9 Å². The summed E-state index contributed by atoms with van der Waals surface area (Å²) in [7, 11) is 0. The topological polar surface area (TPSA) is 70.8 Å². The molecule has 6 heteroatoms. The number of hydrogen-bond donors (Lipinski definition) is 1. The molecule has 2 heterocycles. The van der Waals surface area contributed by atoms with Gasteiger partial charge in [-0.3, -0.25) is 4.79 Å². The van der Waals surface area contributed by atoms with E-state index in [0.717, 1.165) is 16.1 Å². The van der Waals surface area contributed by atoms with Crippen LogP contribution in [0.3, 0.4) is 0 Å². The van der Waals surface area contributed by atoms with Crippen molar-refractivity contribution < 1.29 is 19.1 Å². The molecule has 1 N–H and O–H groups in total. The third kappa shape index (κ3) is 2.30. The molecule has 0 fully saturated rings. The number of rotatable bonds is 3. The molecule has 0 bridgehead atoms. The Morgan fingerprint density at radius 2 is 2.25 bits per heavy atom. The Morgan fingerprint density at radius 1 is 1.40 bits per heavy atom. The first-order chi connectivity index (χ1) is 9.65. The van der Waals surface area contributed by atoms with Crippen molar-refractivity contribution in [2.75, 3.05) is 10.7 Å². The Kier molecular flexibility index (Phi) is 3.23. The molecule has 0 spiro atoms. The van der Waals surface area contributed by atoms with Gasteiger partial charge < -0.3 is 14.4 Å². The van der Waals surface area contributed by atoms with Crippen LogP contribution in [-0.2, 0) is 11.3 Å². The monoisotopic (exact) mass is 289 g/mol. The maximum absolute atomic E-state index is 12.1. The summed E-state index contributed by atoms with van der Waals surface area (Å²) in [5.74, 6) is -0.646. The zero-order valence-corrected chi connectivity index (χ0v) is 11.2. The van der Waals surface area contributed by atoms with E-state index in [1.54, 1.807) is 35.6 Å². The molecule has 1 amide bonds. The van der Waals surface area contributed by atoms with Gasteiger partial charge in [-0.15, -0.1) is 11.8 Å². The molecule has 0 saturated carbocycles. The number of nitrogens with zero attached hydrogens (tertiary/aromatic N) is 1. The number of carboxylic acids is 1. The standard InChI is InChI=1S/C14H11NO4S/c16-13-8-20-12-5-10(14(17)18)1-2-11(12)15(13)6-9-3-4-19-7-9/h1-5,7H,6,8H2,(H,17,18). The quantitative estimate of drug-likeness (QED) is 0.940. The fourth-order valence-electron chi connectivity index (χ4n) is 2.08. The van der Waals surface area contributed by atoms with Gasteiger partial charge in [0.15, 0.2) is 0 Å². The van der Waals surface area contributed by atoms with Crippen LogP contribution < -0.4 is 4.90 Å². The van der Waals surface area contributed by atoms with Crippen LogP contribution in [0.2, 0.25) is 0 Å². The summed E-state index contributed by atoms with van der Waals surface area (Å²) in [5.41, 5.74) is 1.88. The van der Waals surface area contributed by atoms with E-state index in [4.69, 9.17) is 9.52 Å². The minimum Gasteiger partial charge on any atom is -0.478 e. The molecule has 5 nitrogen and oxygen atoms in total. The lowest BCUT2D eigenvalue weighted by Gasteiger charge is -2.28. The highest BCUT2D eigenvalue weighted by Gasteiger charge is 2.25. The fourth-order valence-corrected chi connectivity index (χ4v) is 3.05. The number of amides is 1. The Bertz CT molecular complexity index is 666. The van der Waals surface area contributed by atoms with Gasteiger partial charge in [-0.2, -0.15) is 0 Å². The predicted molar refractivity (Wildman–Crippen MR) is 74.0 cm³/mol. The summed E-state index contributed by atoms with van der Waals surface area (Å²) >= 11 is 1.37. The van der Waals surface area contributed by atoms with Gasteiger partial charge in [-0.05, 0) is 24.3 Å². The number of benzene rings is 1. The van der Waals surface area contributed by atoms with E-state index in [0.29, 0.717) is 12.3 Å². The first-order valence-corrected chi connectivity index (χ1v) is 6.95. The molecule has 1 aliphatic heterocycles. The van der Waals surface area contributed by atoms with E-state index < -0.39 is 5.97 Å². The molecule has 2 aromatic rings. The van der Waals surface area contributed by atoms with E-state index in [1.165, 1.54) is 17.8 Å². The molecule has 102 valence electrons. The highest BCUT2D eigenvalue weighted by molar-refractivity contribution is 8.00. The van der Waals surface area contributed by atoms with Gasteiger partial charge in [0.2, 0.25) is 5.91 Å². The Balaban J connectivity index is 1.96. The Morgan fingerprint density at radius 3 is 2.95 bits per heavy atom. The average Bonchev–Trinajstić information content (AvgIpc) is 2.94. The van der Waals surface area contributed by atoms with Crippen LogP contribution in [0.4, 0.5) is 5.69 Å². The van der Waals surface area contributed by atoms with E-state index in [2.05, 4.69) is 0 Å². The Hall–Kier alpha value is -2.21. The molecular formula is C14H11NO4S. The number of furan rings is 1. The van der Waals surface area contributed by atoms with Gasteiger partial charge in [0.1, 0.15) is 0 Å². The molecule has 1 aromatic carbocycles. The molecule has 20 heavy (non-hydrogen) atoms. The number of carbonyl (C=O) groups is 2. The van der Waals surface area contributed by atoms with Crippen molar-refractivity contribution in [2.24, 2.45) is 0 Å². The first-order valence-electron chi connectivity index (χ1n) is 5.97. The third-order valence-electron chi connectivity index (χ3n) is 3.07. The molecule has 0 saturated heterocycles. The van der Waals surface area contributed by atoms with E-state index in [1.807, 2.05) is 0 Å². The SMILES string of the molecule is O=C(O)c1ccc2c(c1)SCC(=O)N2Cc1ccoc1. The van der Waals surface area contributed by atoms with Gasteiger partial charge in [-0.1, -0.05) is 0 Å². The summed E-state index contributed by atoms with van der Waals surface area (Å²) in [5, 5.41) is 9.01. The van der Waals surface area contributed by atoms with Crippen LogP contribution >= 0.6 is 11.8 Å². The van der Waals surface area contributed by atoms with E-state index >= 15 is 0 Å². The summed E-state index contributed by atoms with van der Waals surface area (Å²) in [6, 6.07) is 6.61. The highest BCUT2D eigenvalue weighted by Crippen LogP contribution is 2.36. The normalized spacial score (nSPS) is 14.2. The van der Waals surface area contributed by atoms with Crippen LogP contribution in [-0.4, -0.2) is 22.7 Å². The summed E-state index contributed by atoms with van der Waals surface area (Å²) < 4.78 is 5.01. The summed E-state index contributed by atoms with van der Waals surface area (Å²) in [6.07, 6.45) is 3.16. The van der Waals surface area contributed by atoms with Crippen molar-refractivity contribution in [3.63, 3.8) is 0 Å². The van der Waals surface area contributed by atoms with Crippen LogP contribution in [0.25, 0.3) is 0 Å². The maximum atomic E-state index is 12.1. The van der Waals surface area contributed by atoms with Crippen molar-refractivity contribution in [3.8, 4) is 0 Å². The summed E-state index contributed by atoms with van der Waals surface area (Å²) in [4.78, 5) is 25.5. The molecule has 0 atom stereocenters. The Labute approximate surface area is 119 Å². The first kappa shape index (κ1) is 12.8. The second kappa shape index (κ2) is 5.05. The number of hydrogen-bond acceptors (Lipinski definition) is 4. The maximum Gasteiger partial charge on any atom is 0.335 e. The molecule has 1 aliphatic rings. The van der Waals surface area contributed by atoms with Gasteiger partial charge >= 0.3 is 5.97 Å². The van der Waals surface area contributed by atoms with Crippen molar-refractivity contribution in [2.45, 2.75) is 11.4 Å². The number of carboxylic acid groups (broad SMARTS) is 1. The zero-order valence-electron chi connectivity index (χ0n) is 10.4. The summed E-state index contributed by atoms with van der Waals surface area (Å²) in [6.45, 7) is 0.426. The van der Waals surface area contributed by atoms with Crippen LogP contribution in [0, 0.1) is 0 Å². The molecule has 3 rings (SSSR count). The van der Waals surface area contributed by atoms with Gasteiger partial charge in [0.05, 0.1) is 36.1 Å². The minimum atomic E-state index is -0.966. The largest absolute Gasteiger partial charge is 0.478 e. The van der Waals surface area contributed by atoms with Crippen molar-refractivity contribution in [3.05, 3.63) is 47.9 Å². The minimum absolute atomic E-state index is 0.00627. The lowest BCUT2D eigenvalue weighted by molar-refractivity contribution is -0.116. The highest BCUT2D eigenvalue weighted by atomic mass is 32.2. The lowest BCUT2D eigenvalue weighted by atomic mass is 10.1.